The second kappa shape index (κ2) is 4.33. The Morgan fingerprint density at radius 2 is 2.22 bits per heavy atom. The van der Waals surface area contributed by atoms with Crippen LogP contribution in [0, 0.1) is 11.3 Å². The first kappa shape index (κ1) is 12.4. The highest BCUT2D eigenvalue weighted by atomic mass is 16.6. The maximum absolute atomic E-state index is 11.6. The number of nitriles is 1. The molecule has 96 valence electrons. The fourth-order valence-electron chi connectivity index (χ4n) is 1.40. The predicted molar refractivity (Wildman–Crippen MR) is 63.0 cm³/mol. The molecule has 1 N–H and O–H groups in total. The summed E-state index contributed by atoms with van der Waals surface area (Å²) in [6.45, 7) is 5.27. The Morgan fingerprint density at radius 3 is 2.72 bits per heavy atom. The lowest BCUT2D eigenvalue weighted by Crippen LogP contribution is -2.27. The first-order valence-electron chi connectivity index (χ1n) is 5.80. The van der Waals surface area contributed by atoms with Gasteiger partial charge in [0, 0.05) is 5.92 Å². The smallest absolute Gasteiger partial charge is 0.414 e. The third kappa shape index (κ3) is 3.00. The van der Waals surface area contributed by atoms with Crippen LogP contribution in [0.15, 0.2) is 4.42 Å². The van der Waals surface area contributed by atoms with Crippen molar-refractivity contribution in [3.8, 4) is 6.07 Å². The van der Waals surface area contributed by atoms with Crippen molar-refractivity contribution in [3.05, 3.63) is 11.6 Å². The minimum absolute atomic E-state index is 0.0636. The van der Waals surface area contributed by atoms with Crippen molar-refractivity contribution >= 4 is 12.0 Å². The predicted octanol–water partition coefficient (Wildman–Crippen LogP) is 2.77. The number of hydrogen-bond donors (Lipinski definition) is 1. The van der Waals surface area contributed by atoms with Crippen molar-refractivity contribution in [3.63, 3.8) is 0 Å². The van der Waals surface area contributed by atoms with Gasteiger partial charge >= 0.3 is 6.09 Å². The molecule has 2 rings (SSSR count). The molecule has 1 aliphatic carbocycles. The highest BCUT2D eigenvalue weighted by molar-refractivity contribution is 5.84. The molecule has 1 saturated carbocycles. The lowest BCUT2D eigenvalue weighted by atomic mass is 10.2. The van der Waals surface area contributed by atoms with Gasteiger partial charge in [0.05, 0.1) is 0 Å². The summed E-state index contributed by atoms with van der Waals surface area (Å²) >= 11 is 0. The van der Waals surface area contributed by atoms with Crippen LogP contribution in [0.5, 0.6) is 0 Å². The van der Waals surface area contributed by atoms with Crippen LogP contribution in [0.3, 0.4) is 0 Å². The number of oxazole rings is 1. The summed E-state index contributed by atoms with van der Waals surface area (Å²) in [7, 11) is 0. The molecule has 1 heterocycles. The lowest BCUT2D eigenvalue weighted by Gasteiger charge is -2.18. The van der Waals surface area contributed by atoms with Crippen molar-refractivity contribution in [1.29, 1.82) is 5.26 Å². The highest BCUT2D eigenvalue weighted by Gasteiger charge is 2.31. The van der Waals surface area contributed by atoms with Gasteiger partial charge in [-0.05, 0) is 33.6 Å². The largest absolute Gasteiger partial charge is 0.444 e. The van der Waals surface area contributed by atoms with Crippen molar-refractivity contribution in [1.82, 2.24) is 4.98 Å². The van der Waals surface area contributed by atoms with E-state index in [0.29, 0.717) is 5.89 Å². The first-order chi connectivity index (χ1) is 8.39. The van der Waals surface area contributed by atoms with Gasteiger partial charge in [-0.25, -0.2) is 9.78 Å². The quantitative estimate of drug-likeness (QED) is 0.870. The molecule has 1 aromatic rings. The number of anilines is 1. The van der Waals surface area contributed by atoms with Crippen LogP contribution in [0.25, 0.3) is 0 Å². The molecule has 1 amide bonds. The summed E-state index contributed by atoms with van der Waals surface area (Å²) in [4.78, 5) is 15.6. The van der Waals surface area contributed by atoms with Gasteiger partial charge in [0.25, 0.3) is 0 Å². The number of aromatic nitrogens is 1. The van der Waals surface area contributed by atoms with E-state index in [1.807, 2.05) is 6.07 Å². The second-order valence-electron chi connectivity index (χ2n) is 5.24. The third-order valence-corrected chi connectivity index (χ3v) is 2.29. The zero-order valence-corrected chi connectivity index (χ0v) is 10.6. The minimum Gasteiger partial charge on any atom is -0.444 e. The summed E-state index contributed by atoms with van der Waals surface area (Å²) in [5, 5.41) is 11.3. The molecule has 18 heavy (non-hydrogen) atoms. The Morgan fingerprint density at radius 1 is 1.56 bits per heavy atom. The SMILES string of the molecule is CC(C)(C)OC(=O)Nc1oc(C2CC2)nc1C#N. The van der Waals surface area contributed by atoms with E-state index in [1.54, 1.807) is 20.8 Å². The number of ether oxygens (including phenoxy) is 1. The van der Waals surface area contributed by atoms with E-state index in [1.165, 1.54) is 0 Å². The number of nitrogens with one attached hydrogen (secondary N) is 1. The Labute approximate surface area is 105 Å². The van der Waals surface area contributed by atoms with Gasteiger partial charge in [-0.1, -0.05) is 0 Å². The zero-order chi connectivity index (χ0) is 13.3. The number of carbonyl (C=O) groups is 1. The van der Waals surface area contributed by atoms with E-state index in [0.717, 1.165) is 12.8 Å². The maximum Gasteiger partial charge on any atom is 0.414 e. The molecular formula is C12H15N3O3. The summed E-state index contributed by atoms with van der Waals surface area (Å²) in [5.74, 6) is 0.859. The van der Waals surface area contributed by atoms with Crippen LogP contribution in [0.4, 0.5) is 10.7 Å². The van der Waals surface area contributed by atoms with Crippen LogP contribution in [-0.2, 0) is 4.74 Å². The summed E-state index contributed by atoms with van der Waals surface area (Å²) in [5.41, 5.74) is -0.515. The average Bonchev–Trinajstić information content (AvgIpc) is 2.99. The fraction of sp³-hybridized carbons (Fsp3) is 0.583. The molecule has 1 aromatic heterocycles. The molecule has 6 heteroatoms. The van der Waals surface area contributed by atoms with E-state index >= 15 is 0 Å². The zero-order valence-electron chi connectivity index (χ0n) is 10.6. The van der Waals surface area contributed by atoms with Gasteiger partial charge in [0.2, 0.25) is 17.5 Å². The van der Waals surface area contributed by atoms with Gasteiger partial charge in [0.15, 0.2) is 0 Å². The van der Waals surface area contributed by atoms with Crippen LogP contribution < -0.4 is 5.32 Å². The minimum atomic E-state index is -0.655. The van der Waals surface area contributed by atoms with Crippen LogP contribution >= 0.6 is 0 Å². The van der Waals surface area contributed by atoms with Crippen molar-refractivity contribution < 1.29 is 13.9 Å². The fourth-order valence-corrected chi connectivity index (χ4v) is 1.40. The summed E-state index contributed by atoms with van der Waals surface area (Å²) in [6.07, 6.45) is 1.37. The van der Waals surface area contributed by atoms with E-state index < -0.39 is 11.7 Å². The third-order valence-electron chi connectivity index (χ3n) is 2.29. The summed E-state index contributed by atoms with van der Waals surface area (Å²) in [6, 6.07) is 1.89. The molecule has 0 saturated heterocycles. The van der Waals surface area contributed by atoms with E-state index in [4.69, 9.17) is 14.4 Å². The number of carbonyl (C=O) groups excluding carboxylic acids is 1. The standard InChI is InChI=1S/C12H15N3O3/c1-12(2,3)18-11(16)15-10-8(6-13)14-9(17-10)7-4-5-7/h7H,4-5H2,1-3H3,(H,15,16). The molecule has 0 unspecified atom stereocenters. The lowest BCUT2D eigenvalue weighted by molar-refractivity contribution is 0.0632. The normalized spacial score (nSPS) is 15.0. The number of hydrogen-bond acceptors (Lipinski definition) is 5. The number of nitrogens with zero attached hydrogens (tertiary/aromatic N) is 2. The topological polar surface area (TPSA) is 88.2 Å². The van der Waals surface area contributed by atoms with Gasteiger partial charge in [-0.3, -0.25) is 5.32 Å². The van der Waals surface area contributed by atoms with Gasteiger partial charge in [-0.15, -0.1) is 0 Å². The average molecular weight is 249 g/mol. The van der Waals surface area contributed by atoms with Crippen molar-refractivity contribution in [2.75, 3.05) is 5.32 Å². The maximum atomic E-state index is 11.6. The van der Waals surface area contributed by atoms with Crippen molar-refractivity contribution in [2.45, 2.75) is 45.1 Å². The van der Waals surface area contributed by atoms with E-state index in [-0.39, 0.29) is 17.5 Å². The van der Waals surface area contributed by atoms with Gasteiger partial charge in [0.1, 0.15) is 11.7 Å². The molecule has 6 nitrogen and oxygen atoms in total. The molecule has 0 aliphatic heterocycles. The highest BCUT2D eigenvalue weighted by Crippen LogP contribution is 2.40. The number of rotatable bonds is 2. The Bertz CT molecular complexity index is 504. The van der Waals surface area contributed by atoms with Crippen LogP contribution in [0.1, 0.15) is 51.1 Å². The Kier molecular flexibility index (Phi) is 2.99. The molecular weight excluding hydrogens is 234 g/mol. The van der Waals surface area contributed by atoms with Crippen molar-refractivity contribution in [2.24, 2.45) is 0 Å². The molecule has 0 bridgehead atoms. The molecule has 0 radical (unpaired) electrons. The van der Waals surface area contributed by atoms with E-state index in [2.05, 4.69) is 10.3 Å². The Hall–Kier alpha value is -2.03. The molecule has 1 fully saturated rings. The van der Waals surface area contributed by atoms with Gasteiger partial charge < -0.3 is 9.15 Å². The first-order valence-corrected chi connectivity index (χ1v) is 5.80. The summed E-state index contributed by atoms with van der Waals surface area (Å²) < 4.78 is 10.4. The monoisotopic (exact) mass is 249 g/mol. The van der Waals surface area contributed by atoms with Crippen LogP contribution in [0.2, 0.25) is 0 Å². The van der Waals surface area contributed by atoms with Crippen LogP contribution in [-0.4, -0.2) is 16.7 Å². The second-order valence-corrected chi connectivity index (χ2v) is 5.24. The van der Waals surface area contributed by atoms with E-state index in [9.17, 15) is 4.79 Å². The molecule has 0 atom stereocenters. The Balaban J connectivity index is 2.08. The molecule has 0 aromatic carbocycles. The molecule has 1 aliphatic rings. The van der Waals surface area contributed by atoms with Gasteiger partial charge in [-0.2, -0.15) is 5.26 Å². The molecule has 0 spiro atoms. The number of amides is 1.